The number of rotatable bonds is 5. The molecule has 0 radical (unpaired) electrons. The van der Waals surface area contributed by atoms with Crippen molar-refractivity contribution in [3.63, 3.8) is 0 Å². The van der Waals surface area contributed by atoms with Gasteiger partial charge < -0.3 is 14.8 Å². The third kappa shape index (κ3) is 3.46. The van der Waals surface area contributed by atoms with Crippen LogP contribution >= 0.6 is 0 Å². The molecule has 6 nitrogen and oxygen atoms in total. The van der Waals surface area contributed by atoms with Crippen LogP contribution in [0.1, 0.15) is 34.5 Å². The number of fused-ring (bicyclic) bond motifs is 1. The molecule has 0 aliphatic heterocycles. The van der Waals surface area contributed by atoms with Gasteiger partial charge in [-0.2, -0.15) is 0 Å². The number of nitrogens with one attached hydrogen (secondary N) is 1. The first-order valence-electron chi connectivity index (χ1n) is 8.91. The SMILES string of the molecule is Cc1ccn2cc(C(=O)N[C@@H](Cc3ccncc3)C3CC(O)C3)nc2c1. The van der Waals surface area contributed by atoms with Crippen molar-refractivity contribution in [2.45, 2.75) is 38.3 Å². The number of hydrogen-bond donors (Lipinski definition) is 2. The highest BCUT2D eigenvalue weighted by Gasteiger charge is 2.35. The van der Waals surface area contributed by atoms with E-state index in [1.165, 1.54) is 0 Å². The number of hydrogen-bond acceptors (Lipinski definition) is 4. The second-order valence-corrected chi connectivity index (χ2v) is 7.12. The lowest BCUT2D eigenvalue weighted by atomic mass is 9.75. The van der Waals surface area contributed by atoms with Crippen LogP contribution in [0.4, 0.5) is 0 Å². The van der Waals surface area contributed by atoms with E-state index in [1.54, 1.807) is 18.6 Å². The highest BCUT2D eigenvalue weighted by molar-refractivity contribution is 5.93. The smallest absolute Gasteiger partial charge is 0.271 e. The van der Waals surface area contributed by atoms with Gasteiger partial charge in [0.25, 0.3) is 5.91 Å². The van der Waals surface area contributed by atoms with Gasteiger partial charge in [-0.1, -0.05) is 0 Å². The van der Waals surface area contributed by atoms with Crippen LogP contribution in [0.5, 0.6) is 0 Å². The third-order valence-electron chi connectivity index (χ3n) is 5.09. The fourth-order valence-electron chi connectivity index (χ4n) is 3.50. The summed E-state index contributed by atoms with van der Waals surface area (Å²) >= 11 is 0. The van der Waals surface area contributed by atoms with E-state index in [9.17, 15) is 9.90 Å². The highest BCUT2D eigenvalue weighted by atomic mass is 16.3. The molecule has 6 heteroatoms. The van der Waals surface area contributed by atoms with Gasteiger partial charge in [-0.25, -0.2) is 4.98 Å². The molecule has 3 aromatic rings. The Balaban J connectivity index is 1.52. The average molecular weight is 350 g/mol. The molecular weight excluding hydrogens is 328 g/mol. The van der Waals surface area contributed by atoms with Gasteiger partial charge in [0.2, 0.25) is 0 Å². The molecule has 4 rings (SSSR count). The lowest BCUT2D eigenvalue weighted by Gasteiger charge is -2.38. The molecule has 3 aromatic heterocycles. The standard InChI is InChI=1S/C20H22N4O2/c1-13-4-7-24-12-18(22-19(24)8-13)20(26)23-17(15-10-16(25)11-15)9-14-2-5-21-6-3-14/h2-8,12,15-17,25H,9-11H2,1H3,(H,23,26)/t15?,16?,17-/m0/s1. The normalized spacial score (nSPS) is 20.5. The van der Waals surface area contributed by atoms with Crippen molar-refractivity contribution in [2.75, 3.05) is 0 Å². The molecule has 134 valence electrons. The maximum absolute atomic E-state index is 12.8. The summed E-state index contributed by atoms with van der Waals surface area (Å²) in [7, 11) is 0. The first kappa shape index (κ1) is 16.7. The number of aliphatic hydroxyl groups excluding tert-OH is 1. The van der Waals surface area contributed by atoms with E-state index in [0.717, 1.165) is 36.0 Å². The fourth-order valence-corrected chi connectivity index (χ4v) is 3.50. The van der Waals surface area contributed by atoms with E-state index >= 15 is 0 Å². The van der Waals surface area contributed by atoms with Crippen molar-refractivity contribution in [2.24, 2.45) is 5.92 Å². The third-order valence-corrected chi connectivity index (χ3v) is 5.09. The van der Waals surface area contributed by atoms with Crippen molar-refractivity contribution in [3.8, 4) is 0 Å². The van der Waals surface area contributed by atoms with E-state index in [2.05, 4.69) is 15.3 Å². The Morgan fingerprint density at radius 3 is 2.85 bits per heavy atom. The van der Waals surface area contributed by atoms with Gasteiger partial charge in [0.15, 0.2) is 0 Å². The molecule has 0 saturated heterocycles. The van der Waals surface area contributed by atoms with Crippen LogP contribution in [0.15, 0.2) is 49.1 Å². The molecule has 0 unspecified atom stereocenters. The van der Waals surface area contributed by atoms with Crippen molar-refractivity contribution in [1.29, 1.82) is 0 Å². The van der Waals surface area contributed by atoms with E-state index in [-0.39, 0.29) is 24.0 Å². The second kappa shape index (κ2) is 6.88. The summed E-state index contributed by atoms with van der Waals surface area (Å²) in [6, 6.07) is 7.83. The maximum Gasteiger partial charge on any atom is 0.271 e. The molecule has 1 aliphatic carbocycles. The van der Waals surface area contributed by atoms with Crippen LogP contribution in [0.25, 0.3) is 5.65 Å². The molecule has 1 atom stereocenters. The Labute approximate surface area is 151 Å². The van der Waals surface area contributed by atoms with Crippen LogP contribution < -0.4 is 5.32 Å². The molecule has 1 aliphatic rings. The fraction of sp³-hybridized carbons (Fsp3) is 0.350. The Bertz CT molecular complexity index is 916. The van der Waals surface area contributed by atoms with Crippen molar-refractivity contribution in [3.05, 3.63) is 65.9 Å². The zero-order valence-corrected chi connectivity index (χ0v) is 14.7. The minimum absolute atomic E-state index is 0.0279. The van der Waals surface area contributed by atoms with Crippen molar-refractivity contribution in [1.82, 2.24) is 19.7 Å². The average Bonchev–Trinajstić information content (AvgIpc) is 3.02. The van der Waals surface area contributed by atoms with Crippen LogP contribution in [0, 0.1) is 12.8 Å². The minimum Gasteiger partial charge on any atom is -0.393 e. The number of aliphatic hydroxyl groups is 1. The number of pyridine rings is 2. The Hall–Kier alpha value is -2.73. The van der Waals surface area contributed by atoms with Crippen LogP contribution in [-0.2, 0) is 6.42 Å². The number of imidazole rings is 1. The Morgan fingerprint density at radius 1 is 1.35 bits per heavy atom. The van der Waals surface area contributed by atoms with E-state index in [4.69, 9.17) is 0 Å². The summed E-state index contributed by atoms with van der Waals surface area (Å²) in [5, 5.41) is 12.8. The molecule has 2 N–H and O–H groups in total. The number of carbonyl (C=O) groups is 1. The number of carbonyl (C=O) groups excluding carboxylic acids is 1. The Morgan fingerprint density at radius 2 is 2.12 bits per heavy atom. The van der Waals surface area contributed by atoms with Crippen molar-refractivity contribution >= 4 is 11.6 Å². The van der Waals surface area contributed by atoms with Gasteiger partial charge in [0.05, 0.1) is 6.10 Å². The van der Waals surface area contributed by atoms with E-state index in [1.807, 2.05) is 41.8 Å². The first-order valence-corrected chi connectivity index (χ1v) is 8.91. The largest absolute Gasteiger partial charge is 0.393 e. The summed E-state index contributed by atoms with van der Waals surface area (Å²) in [4.78, 5) is 21.3. The van der Waals surface area contributed by atoms with Gasteiger partial charge in [0.1, 0.15) is 11.3 Å². The molecule has 0 aromatic carbocycles. The summed E-state index contributed by atoms with van der Waals surface area (Å²) in [6.07, 6.45) is 9.09. The van der Waals surface area contributed by atoms with Crippen molar-refractivity contribution < 1.29 is 9.90 Å². The molecule has 0 bridgehead atoms. The summed E-state index contributed by atoms with van der Waals surface area (Å²) < 4.78 is 1.85. The van der Waals surface area contributed by atoms with Gasteiger partial charge >= 0.3 is 0 Å². The number of aryl methyl sites for hydroxylation is 1. The predicted molar refractivity (Wildman–Crippen MR) is 97.9 cm³/mol. The molecule has 0 spiro atoms. The summed E-state index contributed by atoms with van der Waals surface area (Å²) in [5.41, 5.74) is 3.40. The maximum atomic E-state index is 12.8. The van der Waals surface area contributed by atoms with Crippen LogP contribution in [0.3, 0.4) is 0 Å². The zero-order chi connectivity index (χ0) is 18.1. The van der Waals surface area contributed by atoms with Crippen LogP contribution in [-0.4, -0.2) is 37.5 Å². The predicted octanol–water partition coefficient (Wildman–Crippen LogP) is 2.15. The van der Waals surface area contributed by atoms with E-state index in [0.29, 0.717) is 5.69 Å². The van der Waals surface area contributed by atoms with Crippen LogP contribution in [0.2, 0.25) is 0 Å². The number of nitrogens with zero attached hydrogens (tertiary/aromatic N) is 3. The van der Waals surface area contributed by atoms with E-state index < -0.39 is 0 Å². The molecule has 26 heavy (non-hydrogen) atoms. The summed E-state index contributed by atoms with van der Waals surface area (Å²) in [6.45, 7) is 2.00. The monoisotopic (exact) mass is 350 g/mol. The zero-order valence-electron chi connectivity index (χ0n) is 14.7. The topological polar surface area (TPSA) is 79.5 Å². The quantitative estimate of drug-likeness (QED) is 0.739. The Kier molecular flexibility index (Phi) is 4.42. The summed E-state index contributed by atoms with van der Waals surface area (Å²) in [5.74, 6) is 0.105. The lowest BCUT2D eigenvalue weighted by Crippen LogP contribution is -2.48. The van der Waals surface area contributed by atoms with Gasteiger partial charge in [-0.05, 0) is 67.5 Å². The molecule has 1 fully saturated rings. The highest BCUT2D eigenvalue weighted by Crippen LogP contribution is 2.31. The molecule has 1 saturated carbocycles. The van der Waals surface area contributed by atoms with Gasteiger partial charge in [0, 0.05) is 30.8 Å². The lowest BCUT2D eigenvalue weighted by molar-refractivity contribution is 0.0239. The number of aromatic nitrogens is 3. The van der Waals surface area contributed by atoms with Gasteiger partial charge in [-0.15, -0.1) is 0 Å². The minimum atomic E-state index is -0.255. The van der Waals surface area contributed by atoms with Gasteiger partial charge in [-0.3, -0.25) is 9.78 Å². The molecular formula is C20H22N4O2. The molecule has 3 heterocycles. The first-order chi connectivity index (χ1) is 12.6. The molecule has 1 amide bonds. The second-order valence-electron chi connectivity index (χ2n) is 7.12. The number of amides is 1.